The van der Waals surface area contributed by atoms with Gasteiger partial charge in [0.1, 0.15) is 5.82 Å². The zero-order valence-electron chi connectivity index (χ0n) is 11.9. The van der Waals surface area contributed by atoms with Crippen LogP contribution in [0, 0.1) is 0 Å². The summed E-state index contributed by atoms with van der Waals surface area (Å²) < 4.78 is 0. The van der Waals surface area contributed by atoms with Crippen molar-refractivity contribution >= 4 is 16.7 Å². The number of nitrogens with two attached hydrogens (primary N) is 1. The summed E-state index contributed by atoms with van der Waals surface area (Å²) in [5.74, 6) is 1.06. The van der Waals surface area contributed by atoms with Crippen molar-refractivity contribution in [2.24, 2.45) is 0 Å². The minimum absolute atomic E-state index is 0.140. The Morgan fingerprint density at radius 2 is 1.78 bits per heavy atom. The molecule has 0 aliphatic heterocycles. The molecule has 0 fully saturated rings. The van der Waals surface area contributed by atoms with Crippen molar-refractivity contribution in [2.75, 3.05) is 5.73 Å². The summed E-state index contributed by atoms with van der Waals surface area (Å²) in [6, 6.07) is 8.64. The van der Waals surface area contributed by atoms with E-state index in [9.17, 15) is 0 Å². The lowest BCUT2D eigenvalue weighted by atomic mass is 9.86. The minimum Gasteiger partial charge on any atom is -0.383 e. The van der Waals surface area contributed by atoms with Crippen molar-refractivity contribution in [1.82, 2.24) is 4.98 Å². The highest BCUT2D eigenvalue weighted by Crippen LogP contribution is 2.29. The first-order valence-electron chi connectivity index (χ1n) is 6.49. The van der Waals surface area contributed by atoms with E-state index < -0.39 is 0 Å². The maximum Gasteiger partial charge on any atom is 0.127 e. The summed E-state index contributed by atoms with van der Waals surface area (Å²) in [5.41, 5.74) is 9.59. The van der Waals surface area contributed by atoms with Gasteiger partial charge in [-0.05, 0) is 34.6 Å². The van der Waals surface area contributed by atoms with Crippen LogP contribution in [0.2, 0.25) is 0 Å². The second-order valence-corrected chi connectivity index (χ2v) is 6.28. The van der Waals surface area contributed by atoms with Crippen molar-refractivity contribution in [3.8, 4) is 0 Å². The molecule has 2 rings (SSSR count). The number of pyridine rings is 1. The zero-order chi connectivity index (χ0) is 13.5. The second kappa shape index (κ2) is 4.27. The third-order valence-electron chi connectivity index (χ3n) is 3.37. The SMILES string of the molecule is CC(C)c1cc2ccc(C(C)(C)C)cc2nc1N. The normalized spacial score (nSPS) is 12.3. The Morgan fingerprint density at radius 1 is 1.11 bits per heavy atom. The number of anilines is 1. The van der Waals surface area contributed by atoms with Crippen LogP contribution < -0.4 is 5.73 Å². The molecule has 18 heavy (non-hydrogen) atoms. The van der Waals surface area contributed by atoms with Gasteiger partial charge in [-0.2, -0.15) is 0 Å². The van der Waals surface area contributed by atoms with Gasteiger partial charge in [0.2, 0.25) is 0 Å². The van der Waals surface area contributed by atoms with E-state index >= 15 is 0 Å². The molecule has 0 atom stereocenters. The molecule has 0 aliphatic carbocycles. The van der Waals surface area contributed by atoms with E-state index in [0.717, 1.165) is 11.1 Å². The minimum atomic E-state index is 0.140. The van der Waals surface area contributed by atoms with E-state index in [1.165, 1.54) is 10.9 Å². The fourth-order valence-corrected chi connectivity index (χ4v) is 2.13. The number of nitrogen functional groups attached to an aromatic ring is 1. The Kier molecular flexibility index (Phi) is 3.05. The van der Waals surface area contributed by atoms with Crippen LogP contribution in [0.25, 0.3) is 10.9 Å². The number of hydrogen-bond acceptors (Lipinski definition) is 2. The maximum absolute atomic E-state index is 6.04. The smallest absolute Gasteiger partial charge is 0.127 e. The monoisotopic (exact) mass is 242 g/mol. The molecule has 2 aromatic rings. The molecule has 0 spiro atoms. The molecule has 0 bridgehead atoms. The summed E-state index contributed by atoms with van der Waals surface area (Å²) in [5, 5.41) is 1.17. The Balaban J connectivity index is 2.63. The lowest BCUT2D eigenvalue weighted by Crippen LogP contribution is -2.11. The van der Waals surface area contributed by atoms with Crippen molar-refractivity contribution in [2.45, 2.75) is 46.0 Å². The molecule has 0 saturated heterocycles. The van der Waals surface area contributed by atoms with Crippen LogP contribution >= 0.6 is 0 Å². The second-order valence-electron chi connectivity index (χ2n) is 6.28. The van der Waals surface area contributed by atoms with Gasteiger partial charge in [-0.1, -0.05) is 46.8 Å². The summed E-state index contributed by atoms with van der Waals surface area (Å²) in [6.07, 6.45) is 0. The molecular formula is C16H22N2. The molecule has 0 aliphatic rings. The Hall–Kier alpha value is -1.57. The topological polar surface area (TPSA) is 38.9 Å². The highest BCUT2D eigenvalue weighted by Gasteiger charge is 2.15. The number of nitrogens with zero attached hydrogens (tertiary/aromatic N) is 1. The predicted molar refractivity (Wildman–Crippen MR) is 78.9 cm³/mol. The third-order valence-corrected chi connectivity index (χ3v) is 3.37. The molecule has 1 heterocycles. The number of aromatic nitrogens is 1. The van der Waals surface area contributed by atoms with Gasteiger partial charge in [0, 0.05) is 5.39 Å². The number of rotatable bonds is 1. The van der Waals surface area contributed by atoms with Gasteiger partial charge in [-0.15, -0.1) is 0 Å². The van der Waals surface area contributed by atoms with Crippen molar-refractivity contribution in [1.29, 1.82) is 0 Å². The van der Waals surface area contributed by atoms with Crippen LogP contribution in [0.15, 0.2) is 24.3 Å². The highest BCUT2D eigenvalue weighted by atomic mass is 14.8. The highest BCUT2D eigenvalue weighted by molar-refractivity contribution is 5.82. The maximum atomic E-state index is 6.04. The molecule has 96 valence electrons. The molecule has 0 unspecified atom stereocenters. The lowest BCUT2D eigenvalue weighted by molar-refractivity contribution is 0.591. The summed E-state index contributed by atoms with van der Waals surface area (Å²) >= 11 is 0. The molecule has 0 radical (unpaired) electrons. The van der Waals surface area contributed by atoms with Gasteiger partial charge >= 0.3 is 0 Å². The zero-order valence-corrected chi connectivity index (χ0v) is 11.9. The van der Waals surface area contributed by atoms with Gasteiger partial charge in [-0.25, -0.2) is 4.98 Å². The first-order chi connectivity index (χ1) is 8.29. The summed E-state index contributed by atoms with van der Waals surface area (Å²) in [7, 11) is 0. The first-order valence-corrected chi connectivity index (χ1v) is 6.49. The number of benzene rings is 1. The van der Waals surface area contributed by atoms with Crippen LogP contribution in [-0.2, 0) is 5.41 Å². The molecular weight excluding hydrogens is 220 g/mol. The molecule has 0 saturated carbocycles. The van der Waals surface area contributed by atoms with E-state index in [1.54, 1.807) is 0 Å². The van der Waals surface area contributed by atoms with Gasteiger partial charge in [0.15, 0.2) is 0 Å². The van der Waals surface area contributed by atoms with Gasteiger partial charge in [0.25, 0.3) is 0 Å². The average molecular weight is 242 g/mol. The molecule has 2 nitrogen and oxygen atoms in total. The molecule has 0 amide bonds. The summed E-state index contributed by atoms with van der Waals surface area (Å²) in [4.78, 5) is 4.55. The third kappa shape index (κ3) is 2.33. The largest absolute Gasteiger partial charge is 0.383 e. The van der Waals surface area contributed by atoms with Crippen LogP contribution in [0.1, 0.15) is 51.7 Å². The summed E-state index contributed by atoms with van der Waals surface area (Å²) in [6.45, 7) is 10.9. The number of hydrogen-bond donors (Lipinski definition) is 1. The molecule has 1 aromatic heterocycles. The van der Waals surface area contributed by atoms with E-state index in [-0.39, 0.29) is 5.41 Å². The van der Waals surface area contributed by atoms with E-state index in [1.807, 2.05) is 0 Å². The van der Waals surface area contributed by atoms with E-state index in [0.29, 0.717) is 11.7 Å². The average Bonchev–Trinajstić information content (AvgIpc) is 2.25. The van der Waals surface area contributed by atoms with Crippen LogP contribution in [-0.4, -0.2) is 4.98 Å². The molecule has 2 N–H and O–H groups in total. The van der Waals surface area contributed by atoms with Crippen LogP contribution in [0.4, 0.5) is 5.82 Å². The Labute approximate surface area is 109 Å². The van der Waals surface area contributed by atoms with Crippen LogP contribution in [0.5, 0.6) is 0 Å². The molecule has 1 aromatic carbocycles. The van der Waals surface area contributed by atoms with E-state index in [4.69, 9.17) is 5.73 Å². The lowest BCUT2D eigenvalue weighted by Gasteiger charge is -2.19. The standard InChI is InChI=1S/C16H22N2/c1-10(2)13-8-11-6-7-12(16(3,4)5)9-14(11)18-15(13)17/h6-10H,1-5H3,(H2,17,18). The fraction of sp³-hybridized carbons (Fsp3) is 0.438. The molecule has 2 heteroatoms. The Bertz CT molecular complexity index is 577. The predicted octanol–water partition coefficient (Wildman–Crippen LogP) is 4.24. The first kappa shape index (κ1) is 12.9. The van der Waals surface area contributed by atoms with E-state index in [2.05, 4.69) is 63.9 Å². The van der Waals surface area contributed by atoms with Gasteiger partial charge < -0.3 is 5.73 Å². The van der Waals surface area contributed by atoms with Gasteiger partial charge in [-0.3, -0.25) is 0 Å². The van der Waals surface area contributed by atoms with Crippen LogP contribution in [0.3, 0.4) is 0 Å². The Morgan fingerprint density at radius 3 is 2.33 bits per heavy atom. The fourth-order valence-electron chi connectivity index (χ4n) is 2.13. The van der Waals surface area contributed by atoms with Gasteiger partial charge in [0.05, 0.1) is 5.52 Å². The van der Waals surface area contributed by atoms with Crippen molar-refractivity contribution < 1.29 is 0 Å². The van der Waals surface area contributed by atoms with Crippen molar-refractivity contribution in [3.05, 3.63) is 35.4 Å². The number of fused-ring (bicyclic) bond motifs is 1. The quantitative estimate of drug-likeness (QED) is 0.812. The van der Waals surface area contributed by atoms with Crippen molar-refractivity contribution in [3.63, 3.8) is 0 Å².